The molecule has 2 unspecified atom stereocenters. The minimum Gasteiger partial charge on any atom is -0.616 e. The summed E-state index contributed by atoms with van der Waals surface area (Å²) in [7, 11) is 0. The Balaban J connectivity index is 3.46. The first-order valence-electron chi connectivity index (χ1n) is 2.88. The lowest BCUT2D eigenvalue weighted by molar-refractivity contribution is 0.550. The molecule has 8 heavy (non-hydrogen) atoms. The Morgan fingerprint density at radius 2 is 1.62 bits per heavy atom. The third kappa shape index (κ3) is 2.58. The van der Waals surface area contributed by atoms with E-state index in [4.69, 9.17) is 0 Å². The maximum Gasteiger partial charge on any atom is 0.114 e. The Morgan fingerprint density at radius 1 is 1.25 bits per heavy atom. The molecule has 0 radical (unpaired) electrons. The summed E-state index contributed by atoms with van der Waals surface area (Å²) in [5, 5.41) is 0.343. The molecule has 2 heteroatoms. The van der Waals surface area contributed by atoms with Crippen LogP contribution < -0.4 is 0 Å². The van der Waals surface area contributed by atoms with E-state index in [0.29, 0.717) is 11.2 Å². The normalized spacial score (nSPS) is 18.8. The fourth-order valence-corrected chi connectivity index (χ4v) is 1.15. The van der Waals surface area contributed by atoms with Crippen molar-refractivity contribution < 1.29 is 4.55 Å². The molecule has 0 heterocycles. The van der Waals surface area contributed by atoms with Crippen LogP contribution in [0.3, 0.4) is 0 Å². The van der Waals surface area contributed by atoms with Gasteiger partial charge in [-0.25, -0.2) is 0 Å². The van der Waals surface area contributed by atoms with Gasteiger partial charge in [-0.2, -0.15) is 0 Å². The van der Waals surface area contributed by atoms with Crippen LogP contribution in [0.5, 0.6) is 0 Å². The molecule has 0 aromatic rings. The van der Waals surface area contributed by atoms with Crippen LogP contribution in [0.4, 0.5) is 0 Å². The molecule has 50 valence electrons. The van der Waals surface area contributed by atoms with Gasteiger partial charge in [0.2, 0.25) is 0 Å². The highest BCUT2D eigenvalue weighted by Gasteiger charge is 2.14. The summed E-state index contributed by atoms with van der Waals surface area (Å²) in [6, 6.07) is 0. The van der Waals surface area contributed by atoms with Crippen molar-refractivity contribution in [2.45, 2.75) is 26.0 Å². The molecule has 0 aromatic carbocycles. The Morgan fingerprint density at radius 3 is 1.62 bits per heavy atom. The SMILES string of the molecule is CC(C)C(C)[S+](C)[O-]. The minimum atomic E-state index is -0.640. The summed E-state index contributed by atoms with van der Waals surface area (Å²) in [5.41, 5.74) is 0. The first-order chi connectivity index (χ1) is 3.55. The van der Waals surface area contributed by atoms with Crippen molar-refractivity contribution in [3.8, 4) is 0 Å². The zero-order valence-corrected chi connectivity index (χ0v) is 6.79. The minimum absolute atomic E-state index is 0.343. The summed E-state index contributed by atoms with van der Waals surface area (Å²) >= 11 is -0.640. The van der Waals surface area contributed by atoms with Crippen LogP contribution in [0.1, 0.15) is 20.8 Å². The standard InChI is InChI=1S/C6H14OS/c1-5(2)6(3)8(4)7/h5-6H,1-4H3. The van der Waals surface area contributed by atoms with Gasteiger partial charge < -0.3 is 4.55 Å². The number of hydrogen-bond acceptors (Lipinski definition) is 1. The van der Waals surface area contributed by atoms with Gasteiger partial charge in [0.25, 0.3) is 0 Å². The lowest BCUT2D eigenvalue weighted by Crippen LogP contribution is -2.21. The monoisotopic (exact) mass is 134 g/mol. The van der Waals surface area contributed by atoms with E-state index in [9.17, 15) is 4.55 Å². The summed E-state index contributed by atoms with van der Waals surface area (Å²) in [6.45, 7) is 6.19. The summed E-state index contributed by atoms with van der Waals surface area (Å²) in [4.78, 5) is 0. The second-order valence-corrected chi connectivity index (χ2v) is 4.19. The smallest absolute Gasteiger partial charge is 0.114 e. The third-order valence-corrected chi connectivity index (χ3v) is 3.05. The fraction of sp³-hybridized carbons (Fsp3) is 1.00. The van der Waals surface area contributed by atoms with E-state index in [-0.39, 0.29) is 0 Å². The predicted molar refractivity (Wildman–Crippen MR) is 38.4 cm³/mol. The third-order valence-electron chi connectivity index (χ3n) is 1.46. The van der Waals surface area contributed by atoms with Crippen molar-refractivity contribution in [1.29, 1.82) is 0 Å². The summed E-state index contributed by atoms with van der Waals surface area (Å²) < 4.78 is 10.7. The lowest BCUT2D eigenvalue weighted by atomic mass is 10.2. The average molecular weight is 134 g/mol. The van der Waals surface area contributed by atoms with E-state index in [1.54, 1.807) is 6.26 Å². The molecule has 2 atom stereocenters. The molecule has 0 aliphatic heterocycles. The van der Waals surface area contributed by atoms with Crippen LogP contribution >= 0.6 is 0 Å². The molecule has 0 saturated heterocycles. The second-order valence-electron chi connectivity index (χ2n) is 2.45. The van der Waals surface area contributed by atoms with Gasteiger partial charge in [-0.15, -0.1) is 0 Å². The number of rotatable bonds is 2. The molecule has 0 aromatic heterocycles. The number of hydrogen-bond donors (Lipinski definition) is 0. The highest BCUT2D eigenvalue weighted by Crippen LogP contribution is 2.08. The van der Waals surface area contributed by atoms with Crippen molar-refractivity contribution in [2.24, 2.45) is 5.92 Å². The van der Waals surface area contributed by atoms with Gasteiger partial charge in [0.05, 0.1) is 6.26 Å². The van der Waals surface area contributed by atoms with Gasteiger partial charge in [-0.05, 0) is 6.92 Å². The fourth-order valence-electron chi connectivity index (χ4n) is 0.383. The Labute approximate surface area is 54.7 Å². The van der Waals surface area contributed by atoms with Gasteiger partial charge in [-0.1, -0.05) is 25.0 Å². The molecule has 0 bridgehead atoms. The van der Waals surface area contributed by atoms with E-state index in [1.807, 2.05) is 6.92 Å². The summed E-state index contributed by atoms with van der Waals surface area (Å²) in [5.74, 6) is 0.542. The summed E-state index contributed by atoms with van der Waals surface area (Å²) in [6.07, 6.45) is 1.75. The molecule has 0 N–H and O–H groups in total. The molecule has 0 saturated carbocycles. The van der Waals surface area contributed by atoms with Crippen molar-refractivity contribution >= 4 is 11.2 Å². The van der Waals surface area contributed by atoms with Crippen LogP contribution in [0.25, 0.3) is 0 Å². The predicted octanol–water partition coefficient (Wildman–Crippen LogP) is 1.41. The second kappa shape index (κ2) is 3.36. The maximum atomic E-state index is 10.7. The zero-order chi connectivity index (χ0) is 6.73. The maximum absolute atomic E-state index is 10.7. The quantitative estimate of drug-likeness (QED) is 0.524. The Bertz CT molecular complexity index is 53.5. The highest BCUT2D eigenvalue weighted by molar-refractivity contribution is 7.91. The van der Waals surface area contributed by atoms with Gasteiger partial charge >= 0.3 is 0 Å². The van der Waals surface area contributed by atoms with Gasteiger partial charge in [0.1, 0.15) is 5.25 Å². The highest BCUT2D eigenvalue weighted by atomic mass is 32.2. The average Bonchev–Trinajstić information content (AvgIpc) is 1.64. The van der Waals surface area contributed by atoms with Gasteiger partial charge in [-0.3, -0.25) is 0 Å². The Kier molecular flexibility index (Phi) is 3.49. The molecule has 0 amide bonds. The first kappa shape index (κ1) is 8.31. The van der Waals surface area contributed by atoms with E-state index < -0.39 is 11.2 Å². The molecule has 0 aliphatic rings. The first-order valence-corrected chi connectivity index (χ1v) is 4.50. The van der Waals surface area contributed by atoms with Crippen LogP contribution in [0.2, 0.25) is 0 Å². The molecule has 0 aliphatic carbocycles. The Hall–Kier alpha value is 0.310. The van der Waals surface area contributed by atoms with Crippen molar-refractivity contribution in [1.82, 2.24) is 0 Å². The van der Waals surface area contributed by atoms with Crippen molar-refractivity contribution in [3.63, 3.8) is 0 Å². The van der Waals surface area contributed by atoms with E-state index in [0.717, 1.165) is 0 Å². The van der Waals surface area contributed by atoms with E-state index >= 15 is 0 Å². The van der Waals surface area contributed by atoms with Crippen LogP contribution in [0, 0.1) is 5.92 Å². The molecule has 1 nitrogen and oxygen atoms in total. The van der Waals surface area contributed by atoms with Crippen LogP contribution in [-0.2, 0) is 11.2 Å². The van der Waals surface area contributed by atoms with Gasteiger partial charge in [0, 0.05) is 5.92 Å². The van der Waals surface area contributed by atoms with Crippen molar-refractivity contribution in [3.05, 3.63) is 0 Å². The topological polar surface area (TPSA) is 23.1 Å². The molecular formula is C6H14OS. The molecule has 0 rings (SSSR count). The van der Waals surface area contributed by atoms with E-state index in [1.165, 1.54) is 0 Å². The van der Waals surface area contributed by atoms with Crippen LogP contribution in [-0.4, -0.2) is 16.1 Å². The largest absolute Gasteiger partial charge is 0.616 e. The molecule has 0 spiro atoms. The zero-order valence-electron chi connectivity index (χ0n) is 5.97. The van der Waals surface area contributed by atoms with Gasteiger partial charge in [0.15, 0.2) is 0 Å². The van der Waals surface area contributed by atoms with E-state index in [2.05, 4.69) is 13.8 Å². The van der Waals surface area contributed by atoms with Crippen LogP contribution in [0.15, 0.2) is 0 Å². The van der Waals surface area contributed by atoms with Crippen molar-refractivity contribution in [2.75, 3.05) is 6.26 Å². The lowest BCUT2D eigenvalue weighted by Gasteiger charge is -2.16. The molecule has 0 fully saturated rings. The molecular weight excluding hydrogens is 120 g/mol.